The van der Waals surface area contributed by atoms with Crippen molar-refractivity contribution in [1.29, 1.82) is 0 Å². The van der Waals surface area contributed by atoms with Gasteiger partial charge >= 0.3 is 0 Å². The van der Waals surface area contributed by atoms with Crippen molar-refractivity contribution in [3.63, 3.8) is 0 Å². The van der Waals surface area contributed by atoms with E-state index in [1.807, 2.05) is 24.6 Å². The fourth-order valence-electron chi connectivity index (χ4n) is 1.60. The Hall–Kier alpha value is -1.19. The van der Waals surface area contributed by atoms with Gasteiger partial charge in [-0.25, -0.2) is 4.98 Å². The maximum atomic E-state index is 4.27. The normalized spacial score (nSPS) is 15.4. The molecule has 0 fully saturated rings. The molecule has 1 rings (SSSR count). The lowest BCUT2D eigenvalue weighted by atomic mass is 10.0. The molecule has 2 nitrogen and oxygen atoms in total. The van der Waals surface area contributed by atoms with Crippen molar-refractivity contribution in [1.82, 2.24) is 10.3 Å². The van der Waals surface area contributed by atoms with E-state index >= 15 is 0 Å². The minimum Gasteiger partial charge on any atom is -0.304 e. The first-order chi connectivity index (χ1) is 8.20. The first kappa shape index (κ1) is 13.9. The molecule has 17 heavy (non-hydrogen) atoms. The highest BCUT2D eigenvalue weighted by Gasteiger charge is 2.14. The Balaban J connectivity index is 2.49. The highest BCUT2D eigenvalue weighted by Crippen LogP contribution is 2.10. The summed E-state index contributed by atoms with van der Waals surface area (Å²) in [6.45, 7) is 8.79. The van der Waals surface area contributed by atoms with Gasteiger partial charge < -0.3 is 5.32 Å². The van der Waals surface area contributed by atoms with E-state index in [0.29, 0.717) is 0 Å². The van der Waals surface area contributed by atoms with Crippen molar-refractivity contribution in [3.8, 4) is 0 Å². The summed E-state index contributed by atoms with van der Waals surface area (Å²) in [5, 5.41) is 6.70. The Bertz CT molecular complexity index is 379. The molecule has 0 saturated heterocycles. The van der Waals surface area contributed by atoms with E-state index in [9.17, 15) is 0 Å². The van der Waals surface area contributed by atoms with Gasteiger partial charge in [0, 0.05) is 24.5 Å². The second-order valence-corrected chi connectivity index (χ2v) is 4.96. The van der Waals surface area contributed by atoms with E-state index in [4.69, 9.17) is 0 Å². The number of nitrogens with one attached hydrogen (secondary N) is 1. The lowest BCUT2D eigenvalue weighted by Gasteiger charge is -2.23. The van der Waals surface area contributed by atoms with Crippen LogP contribution in [0.2, 0.25) is 0 Å². The van der Waals surface area contributed by atoms with Gasteiger partial charge in [0.15, 0.2) is 0 Å². The second-order valence-electron chi connectivity index (χ2n) is 3.98. The summed E-state index contributed by atoms with van der Waals surface area (Å²) in [4.78, 5) is 4.27. The van der Waals surface area contributed by atoms with Crippen LogP contribution in [-0.4, -0.2) is 17.1 Å². The van der Waals surface area contributed by atoms with Crippen molar-refractivity contribution in [3.05, 3.63) is 53.5 Å². The maximum absolute atomic E-state index is 4.27. The molecule has 1 unspecified atom stereocenters. The summed E-state index contributed by atoms with van der Waals surface area (Å²) in [5.74, 6) is 0. The van der Waals surface area contributed by atoms with Gasteiger partial charge in [-0.15, -0.1) is 11.3 Å². The van der Waals surface area contributed by atoms with Crippen LogP contribution in [0.5, 0.6) is 0 Å². The molecule has 1 atom stereocenters. The molecule has 0 bridgehead atoms. The molecule has 0 aliphatic heterocycles. The van der Waals surface area contributed by atoms with Gasteiger partial charge in [-0.1, -0.05) is 37.0 Å². The number of allylic oxidation sites excluding steroid dienone is 3. The molecule has 1 aromatic rings. The summed E-state index contributed by atoms with van der Waals surface area (Å²) in [5.41, 5.74) is -0.111. The summed E-state index contributed by atoms with van der Waals surface area (Å²) in [7, 11) is 0. The average Bonchev–Trinajstić information content (AvgIpc) is 2.80. The standard InChI is InChI=1S/C14H20N2S/c1-4-6-9-14(3,8-5-2)16-10-7-13-15-11-12-17-13/h4-6,8-9,11-12,16H,1,7,10H2,2-3H3/b8-5-,9-6-. The van der Waals surface area contributed by atoms with Crippen molar-refractivity contribution >= 4 is 11.3 Å². The van der Waals surface area contributed by atoms with Gasteiger partial charge in [-0.3, -0.25) is 0 Å². The van der Waals surface area contributed by atoms with Crippen LogP contribution >= 0.6 is 11.3 Å². The largest absolute Gasteiger partial charge is 0.304 e. The molecule has 1 aromatic heterocycles. The van der Waals surface area contributed by atoms with E-state index < -0.39 is 0 Å². The van der Waals surface area contributed by atoms with Gasteiger partial charge in [0.2, 0.25) is 0 Å². The Labute approximate surface area is 108 Å². The number of thiazole rings is 1. The average molecular weight is 248 g/mol. The molecule has 0 aromatic carbocycles. The Morgan fingerprint density at radius 2 is 2.35 bits per heavy atom. The van der Waals surface area contributed by atoms with E-state index in [1.165, 1.54) is 5.01 Å². The van der Waals surface area contributed by atoms with Crippen molar-refractivity contribution in [2.24, 2.45) is 0 Å². The van der Waals surface area contributed by atoms with Crippen LogP contribution < -0.4 is 5.32 Å². The van der Waals surface area contributed by atoms with Gasteiger partial charge in [0.05, 0.1) is 10.5 Å². The van der Waals surface area contributed by atoms with Crippen molar-refractivity contribution in [2.45, 2.75) is 25.8 Å². The fraction of sp³-hybridized carbons (Fsp3) is 0.357. The predicted molar refractivity (Wildman–Crippen MR) is 76.4 cm³/mol. The third-order valence-electron chi connectivity index (χ3n) is 2.42. The van der Waals surface area contributed by atoms with Crippen LogP contribution in [0.3, 0.4) is 0 Å². The zero-order valence-electron chi connectivity index (χ0n) is 10.5. The topological polar surface area (TPSA) is 24.9 Å². The van der Waals surface area contributed by atoms with Crippen LogP contribution in [0.25, 0.3) is 0 Å². The summed E-state index contributed by atoms with van der Waals surface area (Å²) < 4.78 is 0. The first-order valence-electron chi connectivity index (χ1n) is 5.78. The van der Waals surface area contributed by atoms with Crippen LogP contribution in [0.4, 0.5) is 0 Å². The van der Waals surface area contributed by atoms with Gasteiger partial charge in [0.25, 0.3) is 0 Å². The predicted octanol–water partition coefficient (Wildman–Crippen LogP) is 3.35. The molecule has 0 aliphatic rings. The van der Waals surface area contributed by atoms with Crippen molar-refractivity contribution < 1.29 is 0 Å². The highest BCUT2D eigenvalue weighted by molar-refractivity contribution is 7.09. The zero-order valence-corrected chi connectivity index (χ0v) is 11.3. The van der Waals surface area contributed by atoms with Gasteiger partial charge in [0.1, 0.15) is 0 Å². The van der Waals surface area contributed by atoms with Crippen LogP contribution in [0, 0.1) is 0 Å². The van der Waals surface area contributed by atoms with Gasteiger partial charge in [-0.2, -0.15) is 0 Å². The third kappa shape index (κ3) is 5.11. The number of nitrogens with zero attached hydrogens (tertiary/aromatic N) is 1. The maximum Gasteiger partial charge on any atom is 0.0937 e. The van der Waals surface area contributed by atoms with Crippen LogP contribution in [0.1, 0.15) is 18.9 Å². The Morgan fingerprint density at radius 1 is 1.53 bits per heavy atom. The molecule has 92 valence electrons. The molecule has 0 aliphatic carbocycles. The summed E-state index contributed by atoms with van der Waals surface area (Å²) in [6, 6.07) is 0. The molecule has 3 heteroatoms. The number of aromatic nitrogens is 1. The lowest BCUT2D eigenvalue weighted by molar-refractivity contribution is 0.526. The van der Waals surface area contributed by atoms with E-state index in [-0.39, 0.29) is 5.54 Å². The first-order valence-corrected chi connectivity index (χ1v) is 6.65. The highest BCUT2D eigenvalue weighted by atomic mass is 32.1. The molecule has 0 saturated carbocycles. The minimum atomic E-state index is -0.111. The van der Waals surface area contributed by atoms with E-state index in [2.05, 4.69) is 42.0 Å². The quantitative estimate of drug-likeness (QED) is 0.591. The Kier molecular flexibility index (Phi) is 5.87. The summed E-state index contributed by atoms with van der Waals surface area (Å²) in [6.07, 6.45) is 12.9. The molecule has 0 radical (unpaired) electrons. The second kappa shape index (κ2) is 7.20. The van der Waals surface area contributed by atoms with Crippen molar-refractivity contribution in [2.75, 3.05) is 6.54 Å². The molecular formula is C14H20N2S. The van der Waals surface area contributed by atoms with E-state index in [1.54, 1.807) is 17.4 Å². The Morgan fingerprint density at radius 3 is 2.94 bits per heavy atom. The minimum absolute atomic E-state index is 0.111. The number of rotatable bonds is 7. The fourth-order valence-corrected chi connectivity index (χ4v) is 2.22. The molecule has 1 N–H and O–H groups in total. The molecule has 1 heterocycles. The van der Waals surface area contributed by atoms with Crippen LogP contribution in [-0.2, 0) is 6.42 Å². The molecular weight excluding hydrogens is 228 g/mol. The third-order valence-corrected chi connectivity index (χ3v) is 3.26. The van der Waals surface area contributed by atoms with E-state index in [0.717, 1.165) is 13.0 Å². The van der Waals surface area contributed by atoms with Crippen LogP contribution in [0.15, 0.2) is 48.5 Å². The zero-order chi connectivity index (χ0) is 12.6. The number of hydrogen-bond donors (Lipinski definition) is 1. The molecule has 0 spiro atoms. The monoisotopic (exact) mass is 248 g/mol. The lowest BCUT2D eigenvalue weighted by Crippen LogP contribution is -2.39. The van der Waals surface area contributed by atoms with Gasteiger partial charge in [-0.05, 0) is 13.8 Å². The smallest absolute Gasteiger partial charge is 0.0937 e. The number of hydrogen-bond acceptors (Lipinski definition) is 3. The SMILES string of the molecule is C=C/C=C\C(C)(/C=C\C)NCCc1nccs1. The molecule has 0 amide bonds. The summed E-state index contributed by atoms with van der Waals surface area (Å²) >= 11 is 1.70.